The van der Waals surface area contributed by atoms with Gasteiger partial charge in [-0.25, -0.2) is 4.39 Å². The molecular weight excluding hydrogens is 167 g/mol. The molecule has 0 bridgehead atoms. The predicted molar refractivity (Wildman–Crippen MR) is 53.3 cm³/mol. The third-order valence-corrected chi connectivity index (χ3v) is 1.98. The Labute approximate surface area is 78.9 Å². The van der Waals surface area contributed by atoms with E-state index in [4.69, 9.17) is 0 Å². The van der Waals surface area contributed by atoms with Crippen LogP contribution >= 0.6 is 0 Å². The molecule has 0 spiro atoms. The number of hydrogen-bond donors (Lipinski definition) is 2. The molecule has 1 fully saturated rings. The van der Waals surface area contributed by atoms with Crippen LogP contribution < -0.4 is 10.6 Å². The molecule has 2 N–H and O–H groups in total. The standard InChI is InChI=1S/C10H17FN2/c1-2-4-9(11)5-3-6-13-10-7-12-8-10/h3-5,10,12-13H,2,6-8H2,1H3/b5-3-,9-4+. The summed E-state index contributed by atoms with van der Waals surface area (Å²) in [6.45, 7) is 4.73. The van der Waals surface area contributed by atoms with Gasteiger partial charge in [-0.15, -0.1) is 0 Å². The Balaban J connectivity index is 2.06. The minimum atomic E-state index is -0.143. The van der Waals surface area contributed by atoms with Crippen LogP contribution in [-0.4, -0.2) is 25.7 Å². The molecule has 13 heavy (non-hydrogen) atoms. The minimum absolute atomic E-state index is 0.143. The molecule has 0 aromatic rings. The van der Waals surface area contributed by atoms with E-state index in [1.807, 2.05) is 13.0 Å². The molecule has 0 amide bonds. The van der Waals surface area contributed by atoms with Crippen molar-refractivity contribution in [3.8, 4) is 0 Å². The third-order valence-electron chi connectivity index (χ3n) is 1.98. The van der Waals surface area contributed by atoms with Crippen molar-refractivity contribution in [1.82, 2.24) is 10.6 Å². The summed E-state index contributed by atoms with van der Waals surface area (Å²) in [6, 6.07) is 0.572. The highest BCUT2D eigenvalue weighted by molar-refractivity contribution is 5.11. The second-order valence-corrected chi connectivity index (χ2v) is 3.16. The highest BCUT2D eigenvalue weighted by Gasteiger charge is 2.13. The zero-order chi connectivity index (χ0) is 9.52. The summed E-state index contributed by atoms with van der Waals surface area (Å²) >= 11 is 0. The molecule has 2 nitrogen and oxygen atoms in total. The Kier molecular flexibility index (Phi) is 4.72. The van der Waals surface area contributed by atoms with Gasteiger partial charge in [-0.3, -0.25) is 0 Å². The predicted octanol–water partition coefficient (Wildman–Crippen LogP) is 1.37. The molecule has 3 heteroatoms. The summed E-state index contributed by atoms with van der Waals surface area (Å²) in [4.78, 5) is 0. The topological polar surface area (TPSA) is 24.1 Å². The van der Waals surface area contributed by atoms with Gasteiger partial charge in [0.2, 0.25) is 0 Å². The van der Waals surface area contributed by atoms with Gasteiger partial charge >= 0.3 is 0 Å². The first-order valence-corrected chi connectivity index (χ1v) is 4.79. The second kappa shape index (κ2) is 5.89. The smallest absolute Gasteiger partial charge is 0.118 e. The van der Waals surface area contributed by atoms with Crippen LogP contribution in [0.1, 0.15) is 13.3 Å². The van der Waals surface area contributed by atoms with Crippen molar-refractivity contribution >= 4 is 0 Å². The Morgan fingerprint density at radius 1 is 1.62 bits per heavy atom. The van der Waals surface area contributed by atoms with Crippen LogP contribution in [-0.2, 0) is 0 Å². The molecule has 1 rings (SSSR count). The van der Waals surface area contributed by atoms with E-state index in [9.17, 15) is 4.39 Å². The zero-order valence-electron chi connectivity index (χ0n) is 8.02. The molecular formula is C10H17FN2. The molecule has 0 unspecified atom stereocenters. The van der Waals surface area contributed by atoms with Gasteiger partial charge in [0.25, 0.3) is 0 Å². The lowest BCUT2D eigenvalue weighted by Gasteiger charge is -2.27. The quantitative estimate of drug-likeness (QED) is 0.630. The van der Waals surface area contributed by atoms with Crippen LogP contribution in [0.3, 0.4) is 0 Å². The van der Waals surface area contributed by atoms with E-state index in [-0.39, 0.29) is 5.83 Å². The molecule has 0 aromatic carbocycles. The van der Waals surface area contributed by atoms with Gasteiger partial charge < -0.3 is 10.6 Å². The number of nitrogens with one attached hydrogen (secondary N) is 2. The average Bonchev–Trinajstić information content (AvgIpc) is 2.01. The van der Waals surface area contributed by atoms with Crippen molar-refractivity contribution in [2.75, 3.05) is 19.6 Å². The van der Waals surface area contributed by atoms with Gasteiger partial charge in [0.15, 0.2) is 0 Å². The Morgan fingerprint density at radius 2 is 2.38 bits per heavy atom. The lowest BCUT2D eigenvalue weighted by atomic mass is 10.2. The number of halogens is 1. The van der Waals surface area contributed by atoms with Crippen LogP contribution in [0.4, 0.5) is 4.39 Å². The molecule has 1 heterocycles. The van der Waals surface area contributed by atoms with Gasteiger partial charge in [-0.2, -0.15) is 0 Å². The second-order valence-electron chi connectivity index (χ2n) is 3.16. The summed E-state index contributed by atoms with van der Waals surface area (Å²) in [5, 5.41) is 6.43. The van der Waals surface area contributed by atoms with Crippen LogP contribution in [0.25, 0.3) is 0 Å². The van der Waals surface area contributed by atoms with Crippen LogP contribution in [0, 0.1) is 0 Å². The van der Waals surface area contributed by atoms with E-state index in [1.165, 1.54) is 6.08 Å². The Bertz CT molecular complexity index is 195. The van der Waals surface area contributed by atoms with E-state index in [0.717, 1.165) is 26.1 Å². The first-order chi connectivity index (χ1) is 6.33. The zero-order valence-corrected chi connectivity index (χ0v) is 8.02. The van der Waals surface area contributed by atoms with Crippen molar-refractivity contribution in [1.29, 1.82) is 0 Å². The molecule has 1 saturated heterocycles. The van der Waals surface area contributed by atoms with Gasteiger partial charge in [-0.05, 0) is 18.6 Å². The fourth-order valence-corrected chi connectivity index (χ4v) is 1.10. The molecule has 1 aliphatic heterocycles. The van der Waals surface area contributed by atoms with Crippen LogP contribution in [0.5, 0.6) is 0 Å². The third kappa shape index (κ3) is 4.20. The first kappa shape index (κ1) is 10.4. The van der Waals surface area contributed by atoms with E-state index in [0.29, 0.717) is 6.04 Å². The highest BCUT2D eigenvalue weighted by atomic mass is 19.1. The summed E-state index contributed by atoms with van der Waals surface area (Å²) in [5.74, 6) is -0.143. The Morgan fingerprint density at radius 3 is 2.92 bits per heavy atom. The van der Waals surface area contributed by atoms with Gasteiger partial charge in [0, 0.05) is 25.7 Å². The summed E-state index contributed by atoms with van der Waals surface area (Å²) in [5.41, 5.74) is 0. The average molecular weight is 184 g/mol. The molecule has 1 aliphatic rings. The molecule has 0 atom stereocenters. The lowest BCUT2D eigenvalue weighted by molar-refractivity contribution is 0.379. The maximum atomic E-state index is 12.8. The molecule has 0 aliphatic carbocycles. The lowest BCUT2D eigenvalue weighted by Crippen LogP contribution is -2.55. The Hall–Kier alpha value is -0.670. The number of hydrogen-bond acceptors (Lipinski definition) is 2. The molecule has 74 valence electrons. The van der Waals surface area contributed by atoms with E-state index in [1.54, 1.807) is 6.08 Å². The van der Waals surface area contributed by atoms with Crippen LogP contribution in [0.2, 0.25) is 0 Å². The van der Waals surface area contributed by atoms with Crippen molar-refractivity contribution < 1.29 is 4.39 Å². The first-order valence-electron chi connectivity index (χ1n) is 4.79. The maximum Gasteiger partial charge on any atom is 0.118 e. The van der Waals surface area contributed by atoms with Gasteiger partial charge in [-0.1, -0.05) is 13.0 Å². The van der Waals surface area contributed by atoms with Crippen molar-refractivity contribution in [2.45, 2.75) is 19.4 Å². The SMILES string of the molecule is CC/C=C(F)\C=C/CNC1CNC1. The molecule has 0 saturated carbocycles. The van der Waals surface area contributed by atoms with Crippen molar-refractivity contribution in [3.05, 3.63) is 24.1 Å². The molecule has 0 aromatic heterocycles. The summed E-state index contributed by atoms with van der Waals surface area (Å²) in [6.07, 6.45) is 5.65. The highest BCUT2D eigenvalue weighted by Crippen LogP contribution is 1.99. The van der Waals surface area contributed by atoms with Gasteiger partial charge in [0.1, 0.15) is 5.83 Å². The normalized spacial score (nSPS) is 19.4. The monoisotopic (exact) mass is 184 g/mol. The largest absolute Gasteiger partial charge is 0.314 e. The number of allylic oxidation sites excluding steroid dienone is 3. The van der Waals surface area contributed by atoms with Crippen molar-refractivity contribution in [3.63, 3.8) is 0 Å². The van der Waals surface area contributed by atoms with Crippen molar-refractivity contribution in [2.24, 2.45) is 0 Å². The maximum absolute atomic E-state index is 12.8. The fourth-order valence-electron chi connectivity index (χ4n) is 1.10. The summed E-state index contributed by atoms with van der Waals surface area (Å²) in [7, 11) is 0. The minimum Gasteiger partial charge on any atom is -0.314 e. The van der Waals surface area contributed by atoms with E-state index < -0.39 is 0 Å². The number of rotatable bonds is 5. The summed E-state index contributed by atoms with van der Waals surface area (Å²) < 4.78 is 12.8. The van der Waals surface area contributed by atoms with E-state index >= 15 is 0 Å². The van der Waals surface area contributed by atoms with Crippen LogP contribution in [0.15, 0.2) is 24.1 Å². The fraction of sp³-hybridized carbons (Fsp3) is 0.600. The van der Waals surface area contributed by atoms with Gasteiger partial charge in [0.05, 0.1) is 0 Å². The van der Waals surface area contributed by atoms with E-state index in [2.05, 4.69) is 10.6 Å². The molecule has 0 radical (unpaired) electrons.